The third-order valence-electron chi connectivity index (χ3n) is 2.50. The van der Waals surface area contributed by atoms with E-state index in [9.17, 15) is 14.4 Å². The first kappa shape index (κ1) is 14.9. The fourth-order valence-corrected chi connectivity index (χ4v) is 1.48. The minimum atomic E-state index is -0.393. The number of amides is 1. The molecule has 0 heterocycles. The summed E-state index contributed by atoms with van der Waals surface area (Å²) in [5, 5.41) is 2.51. The molecule has 1 amide bonds. The van der Waals surface area contributed by atoms with Crippen LogP contribution >= 0.6 is 0 Å². The molecule has 0 aliphatic heterocycles. The van der Waals surface area contributed by atoms with Crippen LogP contribution < -0.4 is 5.32 Å². The maximum atomic E-state index is 11.6. The molecule has 0 unspecified atom stereocenters. The standard InChI is InChI=1S/C14H17NO4/c16-11-15-9-5-4-8-14(18)19-10-13(17)12-6-2-1-3-7-12/h1-3,6-7,11H,4-5,8-10H2,(H,15,16). The van der Waals surface area contributed by atoms with Gasteiger partial charge in [-0.2, -0.15) is 0 Å². The topological polar surface area (TPSA) is 72.5 Å². The summed E-state index contributed by atoms with van der Waals surface area (Å²) in [4.78, 5) is 33.0. The Morgan fingerprint density at radius 3 is 2.58 bits per heavy atom. The number of ketones is 1. The number of esters is 1. The van der Waals surface area contributed by atoms with Crippen LogP contribution in [0.5, 0.6) is 0 Å². The molecule has 5 nitrogen and oxygen atoms in total. The maximum Gasteiger partial charge on any atom is 0.306 e. The van der Waals surface area contributed by atoms with E-state index in [0.29, 0.717) is 31.4 Å². The van der Waals surface area contributed by atoms with Crippen LogP contribution in [0.3, 0.4) is 0 Å². The fourth-order valence-electron chi connectivity index (χ4n) is 1.48. The average Bonchev–Trinajstić information content (AvgIpc) is 2.45. The van der Waals surface area contributed by atoms with Gasteiger partial charge in [-0.25, -0.2) is 0 Å². The molecule has 0 atom stereocenters. The molecule has 1 aromatic carbocycles. The number of hydrogen-bond acceptors (Lipinski definition) is 4. The van der Waals surface area contributed by atoms with E-state index in [1.54, 1.807) is 24.3 Å². The summed E-state index contributed by atoms with van der Waals surface area (Å²) in [5.74, 6) is -0.605. The minimum Gasteiger partial charge on any atom is -0.457 e. The number of rotatable bonds is 9. The van der Waals surface area contributed by atoms with E-state index in [0.717, 1.165) is 0 Å². The molecule has 102 valence electrons. The molecule has 5 heteroatoms. The summed E-state index contributed by atoms with van der Waals surface area (Å²) in [5.41, 5.74) is 0.533. The molecule has 0 saturated heterocycles. The first-order valence-corrected chi connectivity index (χ1v) is 6.15. The molecular formula is C14H17NO4. The highest BCUT2D eigenvalue weighted by Gasteiger charge is 2.09. The maximum absolute atomic E-state index is 11.6. The molecule has 0 aromatic heterocycles. The molecular weight excluding hydrogens is 246 g/mol. The van der Waals surface area contributed by atoms with Crippen molar-refractivity contribution in [2.45, 2.75) is 19.3 Å². The van der Waals surface area contributed by atoms with Crippen LogP contribution in [0.25, 0.3) is 0 Å². The minimum absolute atomic E-state index is 0.212. The van der Waals surface area contributed by atoms with E-state index in [1.165, 1.54) is 0 Å². The molecule has 19 heavy (non-hydrogen) atoms. The number of carbonyl (C=O) groups is 3. The van der Waals surface area contributed by atoms with Gasteiger partial charge in [-0.3, -0.25) is 14.4 Å². The van der Waals surface area contributed by atoms with Crippen molar-refractivity contribution >= 4 is 18.2 Å². The van der Waals surface area contributed by atoms with Gasteiger partial charge in [0.15, 0.2) is 12.4 Å². The Bertz CT molecular complexity index is 417. The Labute approximate surface area is 111 Å². The largest absolute Gasteiger partial charge is 0.457 e. The van der Waals surface area contributed by atoms with E-state index in [-0.39, 0.29) is 18.8 Å². The molecule has 1 aromatic rings. The lowest BCUT2D eigenvalue weighted by Crippen LogP contribution is -2.15. The van der Waals surface area contributed by atoms with Gasteiger partial charge in [0.25, 0.3) is 0 Å². The van der Waals surface area contributed by atoms with Crippen molar-refractivity contribution in [1.29, 1.82) is 0 Å². The van der Waals surface area contributed by atoms with E-state index in [4.69, 9.17) is 4.74 Å². The third-order valence-corrected chi connectivity index (χ3v) is 2.50. The van der Waals surface area contributed by atoms with Gasteiger partial charge in [-0.05, 0) is 12.8 Å². The molecule has 0 aliphatic carbocycles. The summed E-state index contributed by atoms with van der Waals surface area (Å²) < 4.78 is 4.89. The zero-order valence-corrected chi connectivity index (χ0v) is 10.6. The lowest BCUT2D eigenvalue weighted by atomic mass is 10.1. The molecule has 0 bridgehead atoms. The van der Waals surface area contributed by atoms with E-state index in [2.05, 4.69) is 5.32 Å². The van der Waals surface area contributed by atoms with Crippen LogP contribution in [0.1, 0.15) is 29.6 Å². The summed E-state index contributed by atoms with van der Waals surface area (Å²) >= 11 is 0. The second-order valence-electron chi connectivity index (χ2n) is 3.98. The van der Waals surface area contributed by atoms with E-state index < -0.39 is 5.97 Å². The predicted molar refractivity (Wildman–Crippen MR) is 69.6 cm³/mol. The van der Waals surface area contributed by atoms with Gasteiger partial charge in [0.1, 0.15) is 0 Å². The van der Waals surface area contributed by atoms with E-state index >= 15 is 0 Å². The van der Waals surface area contributed by atoms with Gasteiger partial charge in [0.2, 0.25) is 6.41 Å². The highest BCUT2D eigenvalue weighted by Crippen LogP contribution is 2.02. The number of nitrogens with one attached hydrogen (secondary N) is 1. The predicted octanol–water partition coefficient (Wildman–Crippen LogP) is 1.33. The Morgan fingerprint density at radius 1 is 1.16 bits per heavy atom. The normalized spacial score (nSPS) is 9.68. The zero-order chi connectivity index (χ0) is 13.9. The molecule has 1 N–H and O–H groups in total. The zero-order valence-electron chi connectivity index (χ0n) is 10.6. The molecule has 0 radical (unpaired) electrons. The van der Waals surface area contributed by atoms with Crippen molar-refractivity contribution in [2.24, 2.45) is 0 Å². The lowest BCUT2D eigenvalue weighted by Gasteiger charge is -2.04. The van der Waals surface area contributed by atoms with Gasteiger partial charge in [-0.15, -0.1) is 0 Å². The summed E-state index contributed by atoms with van der Waals surface area (Å²) in [7, 11) is 0. The third kappa shape index (κ3) is 6.35. The Kier molecular flexibility index (Phi) is 6.94. The monoisotopic (exact) mass is 263 g/mol. The van der Waals surface area contributed by atoms with Crippen molar-refractivity contribution in [2.75, 3.05) is 13.2 Å². The van der Waals surface area contributed by atoms with Crippen LogP contribution in [-0.4, -0.2) is 31.3 Å². The lowest BCUT2D eigenvalue weighted by molar-refractivity contribution is -0.142. The van der Waals surface area contributed by atoms with Gasteiger partial charge >= 0.3 is 5.97 Å². The van der Waals surface area contributed by atoms with Crippen LogP contribution in [0, 0.1) is 0 Å². The van der Waals surface area contributed by atoms with Gasteiger partial charge < -0.3 is 10.1 Å². The Hall–Kier alpha value is -2.17. The molecule has 0 saturated carbocycles. The van der Waals surface area contributed by atoms with Crippen molar-refractivity contribution < 1.29 is 19.1 Å². The number of ether oxygens (including phenoxy) is 1. The van der Waals surface area contributed by atoms with Crippen molar-refractivity contribution in [3.8, 4) is 0 Å². The quantitative estimate of drug-likeness (QED) is 0.316. The van der Waals surface area contributed by atoms with Gasteiger partial charge in [0.05, 0.1) is 0 Å². The van der Waals surface area contributed by atoms with Crippen LogP contribution in [0.4, 0.5) is 0 Å². The van der Waals surface area contributed by atoms with Crippen molar-refractivity contribution in [3.63, 3.8) is 0 Å². The van der Waals surface area contributed by atoms with Crippen LogP contribution in [0.2, 0.25) is 0 Å². The first-order chi connectivity index (χ1) is 9.24. The summed E-state index contributed by atoms with van der Waals surface area (Å²) in [6, 6.07) is 8.70. The number of unbranched alkanes of at least 4 members (excludes halogenated alkanes) is 1. The second kappa shape index (κ2) is 8.85. The Morgan fingerprint density at radius 2 is 1.89 bits per heavy atom. The van der Waals surface area contributed by atoms with Gasteiger partial charge in [0, 0.05) is 18.5 Å². The molecule has 1 rings (SSSR count). The summed E-state index contributed by atoms with van der Waals surface area (Å²) in [6.45, 7) is 0.315. The molecule has 0 aliphatic rings. The van der Waals surface area contributed by atoms with E-state index in [1.807, 2.05) is 6.07 Å². The van der Waals surface area contributed by atoms with Crippen LogP contribution in [0.15, 0.2) is 30.3 Å². The Balaban J connectivity index is 2.16. The van der Waals surface area contributed by atoms with Crippen LogP contribution in [-0.2, 0) is 14.3 Å². The molecule has 0 fully saturated rings. The average molecular weight is 263 g/mol. The van der Waals surface area contributed by atoms with Crippen molar-refractivity contribution in [1.82, 2.24) is 5.32 Å². The summed E-state index contributed by atoms with van der Waals surface area (Å²) in [6.07, 6.45) is 2.21. The molecule has 0 spiro atoms. The fraction of sp³-hybridized carbons (Fsp3) is 0.357. The SMILES string of the molecule is O=CNCCCCC(=O)OCC(=O)c1ccccc1. The second-order valence-corrected chi connectivity index (χ2v) is 3.98. The number of Topliss-reactive ketones (excluding diaryl/α,β-unsaturated/α-hetero) is 1. The smallest absolute Gasteiger partial charge is 0.306 e. The van der Waals surface area contributed by atoms with Gasteiger partial charge in [-0.1, -0.05) is 30.3 Å². The highest BCUT2D eigenvalue weighted by molar-refractivity contribution is 5.97. The first-order valence-electron chi connectivity index (χ1n) is 6.15. The number of hydrogen-bond donors (Lipinski definition) is 1. The number of carbonyl (C=O) groups excluding carboxylic acids is 3. The number of benzene rings is 1. The highest BCUT2D eigenvalue weighted by atomic mass is 16.5. The van der Waals surface area contributed by atoms with Crippen molar-refractivity contribution in [3.05, 3.63) is 35.9 Å².